The molecule has 1 atom stereocenters. The van der Waals surface area contributed by atoms with Gasteiger partial charge in [0.15, 0.2) is 10.9 Å². The Kier molecular flexibility index (Phi) is 5.45. The van der Waals surface area contributed by atoms with Crippen molar-refractivity contribution in [1.82, 2.24) is 10.2 Å². The normalized spacial score (nSPS) is 21.8. The van der Waals surface area contributed by atoms with Gasteiger partial charge in [0.25, 0.3) is 0 Å². The predicted molar refractivity (Wildman–Crippen MR) is 95.2 cm³/mol. The number of carbonyl (C=O) groups excluding carboxylic acids is 1. The zero-order valence-electron chi connectivity index (χ0n) is 13.4. The summed E-state index contributed by atoms with van der Waals surface area (Å²) in [6.07, 6.45) is 3.24. The lowest BCUT2D eigenvalue weighted by molar-refractivity contribution is -0.131. The first kappa shape index (κ1) is 17.2. The first-order chi connectivity index (χ1) is 10.4. The number of likely N-dealkylation sites (N-methyl/N-ethyl adjacent to an activating group) is 1. The maximum Gasteiger partial charge on any atom is 0.169 e. The number of hydrogen-bond acceptors (Lipinski definition) is 2. The Morgan fingerprint density at radius 3 is 2.64 bits per heavy atom. The fourth-order valence-electron chi connectivity index (χ4n) is 3.15. The van der Waals surface area contributed by atoms with E-state index in [2.05, 4.69) is 5.32 Å². The van der Waals surface area contributed by atoms with Crippen LogP contribution in [0, 0.1) is 0 Å². The van der Waals surface area contributed by atoms with E-state index < -0.39 is 5.54 Å². The maximum absolute atomic E-state index is 12.9. The molecule has 1 fully saturated rings. The molecule has 1 saturated carbocycles. The molecule has 3 nitrogen and oxygen atoms in total. The highest BCUT2D eigenvalue weighted by Crippen LogP contribution is 2.42. The predicted octanol–water partition coefficient (Wildman–Crippen LogP) is 3.89. The van der Waals surface area contributed by atoms with Crippen molar-refractivity contribution < 1.29 is 4.79 Å². The highest BCUT2D eigenvalue weighted by atomic mass is 35.5. The van der Waals surface area contributed by atoms with Crippen LogP contribution in [0.15, 0.2) is 24.3 Å². The summed E-state index contributed by atoms with van der Waals surface area (Å²) >= 11 is 11.9. The van der Waals surface area contributed by atoms with Crippen LogP contribution in [0.5, 0.6) is 0 Å². The molecule has 1 aromatic rings. The van der Waals surface area contributed by atoms with E-state index in [4.69, 9.17) is 23.8 Å². The SMILES string of the molecule is CC(C)NC(=S)N(C)[C@]1(c2ccccc2Cl)CCCCC1=O. The topological polar surface area (TPSA) is 32.3 Å². The Morgan fingerprint density at radius 2 is 2.05 bits per heavy atom. The van der Waals surface area contributed by atoms with Gasteiger partial charge in [-0.05, 0) is 51.4 Å². The molecule has 2 rings (SSSR count). The molecule has 0 radical (unpaired) electrons. The van der Waals surface area contributed by atoms with Crippen LogP contribution < -0.4 is 5.32 Å². The lowest BCUT2D eigenvalue weighted by Crippen LogP contribution is -2.57. The number of Topliss-reactive ketones (excluding diaryl/α,β-unsaturated/α-hetero) is 1. The zero-order valence-corrected chi connectivity index (χ0v) is 14.9. The molecule has 0 aromatic heterocycles. The van der Waals surface area contributed by atoms with Crippen molar-refractivity contribution in [3.63, 3.8) is 0 Å². The lowest BCUT2D eigenvalue weighted by Gasteiger charge is -2.45. The van der Waals surface area contributed by atoms with Crippen molar-refractivity contribution in [3.05, 3.63) is 34.9 Å². The van der Waals surface area contributed by atoms with Gasteiger partial charge in [-0.25, -0.2) is 0 Å². The molecule has 0 spiro atoms. The van der Waals surface area contributed by atoms with E-state index in [0.717, 1.165) is 24.8 Å². The van der Waals surface area contributed by atoms with E-state index in [1.807, 2.05) is 50.1 Å². The smallest absolute Gasteiger partial charge is 0.169 e. The highest BCUT2D eigenvalue weighted by Gasteiger charge is 2.47. The first-order valence-corrected chi connectivity index (χ1v) is 8.51. The van der Waals surface area contributed by atoms with Crippen LogP contribution in [0.25, 0.3) is 0 Å². The Bertz CT molecular complexity index is 576. The summed E-state index contributed by atoms with van der Waals surface area (Å²) in [5, 5.41) is 4.45. The van der Waals surface area contributed by atoms with E-state index in [-0.39, 0.29) is 11.8 Å². The summed E-state index contributed by atoms with van der Waals surface area (Å²) in [6, 6.07) is 7.82. The molecule has 1 aromatic carbocycles. The molecule has 22 heavy (non-hydrogen) atoms. The van der Waals surface area contributed by atoms with E-state index in [9.17, 15) is 4.79 Å². The standard InChI is InChI=1S/C17H23ClN2OS/c1-12(2)19-16(22)20(3)17(11-7-6-10-15(17)21)13-8-4-5-9-14(13)18/h4-5,8-9,12H,6-7,10-11H2,1-3H3,(H,19,22)/t17-/m0/s1. The Hall–Kier alpha value is -1.13. The van der Waals surface area contributed by atoms with Gasteiger partial charge in [0.2, 0.25) is 0 Å². The molecule has 120 valence electrons. The molecule has 0 heterocycles. The number of halogens is 1. The van der Waals surface area contributed by atoms with Crippen molar-refractivity contribution in [3.8, 4) is 0 Å². The fraction of sp³-hybridized carbons (Fsp3) is 0.529. The molecule has 1 aliphatic carbocycles. The number of carbonyl (C=O) groups is 1. The molecule has 0 unspecified atom stereocenters. The molecule has 0 bridgehead atoms. The Balaban J connectivity index is 2.49. The molecule has 1 aliphatic rings. The van der Waals surface area contributed by atoms with Crippen molar-refractivity contribution in [2.45, 2.75) is 51.1 Å². The number of nitrogens with one attached hydrogen (secondary N) is 1. The van der Waals surface area contributed by atoms with E-state index >= 15 is 0 Å². The number of benzene rings is 1. The monoisotopic (exact) mass is 338 g/mol. The van der Waals surface area contributed by atoms with Crippen molar-refractivity contribution >= 4 is 34.7 Å². The van der Waals surface area contributed by atoms with Crippen LogP contribution in [-0.4, -0.2) is 28.9 Å². The van der Waals surface area contributed by atoms with Crippen molar-refractivity contribution in [2.24, 2.45) is 0 Å². The van der Waals surface area contributed by atoms with Crippen LogP contribution >= 0.6 is 23.8 Å². The first-order valence-electron chi connectivity index (χ1n) is 7.72. The van der Waals surface area contributed by atoms with Gasteiger partial charge in [0.1, 0.15) is 5.54 Å². The summed E-state index contributed by atoms with van der Waals surface area (Å²) in [6.45, 7) is 4.07. The van der Waals surface area contributed by atoms with Gasteiger partial charge in [-0.3, -0.25) is 4.79 Å². The summed E-state index contributed by atoms with van der Waals surface area (Å²) in [5.74, 6) is 0.197. The minimum Gasteiger partial charge on any atom is -0.360 e. The number of thiocarbonyl (C=S) groups is 1. The lowest BCUT2D eigenvalue weighted by atomic mass is 9.74. The third-order valence-electron chi connectivity index (χ3n) is 4.26. The van der Waals surface area contributed by atoms with Gasteiger partial charge in [0.05, 0.1) is 0 Å². The van der Waals surface area contributed by atoms with Crippen LogP contribution in [0.3, 0.4) is 0 Å². The second-order valence-corrected chi connectivity index (χ2v) is 6.93. The van der Waals surface area contributed by atoms with Gasteiger partial charge < -0.3 is 10.2 Å². The van der Waals surface area contributed by atoms with Gasteiger partial charge in [0, 0.05) is 30.1 Å². The molecular weight excluding hydrogens is 316 g/mol. The van der Waals surface area contributed by atoms with Crippen molar-refractivity contribution in [2.75, 3.05) is 7.05 Å². The minimum absolute atomic E-state index is 0.197. The molecular formula is C17H23ClN2OS. The Morgan fingerprint density at radius 1 is 1.36 bits per heavy atom. The highest BCUT2D eigenvalue weighted by molar-refractivity contribution is 7.80. The Labute approximate surface area is 143 Å². The van der Waals surface area contributed by atoms with Gasteiger partial charge in [-0.15, -0.1) is 0 Å². The van der Waals surface area contributed by atoms with Crippen LogP contribution in [0.1, 0.15) is 45.1 Å². The average molecular weight is 339 g/mol. The summed E-state index contributed by atoms with van der Waals surface area (Å²) in [5.41, 5.74) is 0.104. The molecule has 0 aliphatic heterocycles. The van der Waals surface area contributed by atoms with Crippen molar-refractivity contribution in [1.29, 1.82) is 0 Å². The summed E-state index contributed by atoms with van der Waals surface area (Å²) in [4.78, 5) is 14.8. The molecule has 0 saturated heterocycles. The largest absolute Gasteiger partial charge is 0.360 e. The molecule has 5 heteroatoms. The molecule has 1 N–H and O–H groups in total. The molecule has 0 amide bonds. The van der Waals surface area contributed by atoms with Crippen LogP contribution in [0.4, 0.5) is 0 Å². The maximum atomic E-state index is 12.9. The summed E-state index contributed by atoms with van der Waals surface area (Å²) < 4.78 is 0. The van der Waals surface area contributed by atoms with E-state index in [1.54, 1.807) is 0 Å². The van der Waals surface area contributed by atoms with Gasteiger partial charge in [-0.1, -0.05) is 29.8 Å². The number of nitrogens with zero attached hydrogens (tertiary/aromatic N) is 1. The third kappa shape index (κ3) is 3.13. The number of ketones is 1. The number of rotatable bonds is 3. The second-order valence-electron chi connectivity index (χ2n) is 6.13. The van der Waals surface area contributed by atoms with Gasteiger partial charge >= 0.3 is 0 Å². The quantitative estimate of drug-likeness (QED) is 0.847. The van der Waals surface area contributed by atoms with Gasteiger partial charge in [-0.2, -0.15) is 0 Å². The zero-order chi connectivity index (χ0) is 16.3. The third-order valence-corrected chi connectivity index (χ3v) is 4.98. The van der Waals surface area contributed by atoms with Crippen LogP contribution in [-0.2, 0) is 10.3 Å². The van der Waals surface area contributed by atoms with E-state index in [1.165, 1.54) is 0 Å². The fourth-order valence-corrected chi connectivity index (χ4v) is 3.83. The minimum atomic E-state index is -0.754. The van der Waals surface area contributed by atoms with E-state index in [0.29, 0.717) is 16.6 Å². The summed E-state index contributed by atoms with van der Waals surface area (Å²) in [7, 11) is 1.89. The second kappa shape index (κ2) is 6.97. The van der Waals surface area contributed by atoms with Crippen LogP contribution in [0.2, 0.25) is 5.02 Å². The number of hydrogen-bond donors (Lipinski definition) is 1. The average Bonchev–Trinajstić information content (AvgIpc) is 2.47.